The molecule has 0 aliphatic heterocycles. The first kappa shape index (κ1) is 11.5. The maximum Gasteiger partial charge on any atom is 0.0483 e. The van der Waals surface area contributed by atoms with E-state index in [1.807, 2.05) is 12.1 Å². The molecule has 1 unspecified atom stereocenters. The third kappa shape index (κ3) is 1.62. The Bertz CT molecular complexity index is 528. The van der Waals surface area contributed by atoms with Gasteiger partial charge in [0.25, 0.3) is 0 Å². The Labute approximate surface area is 101 Å². The Balaban J connectivity index is 2.80. The number of nitrogens with zero attached hydrogens (tertiary/aromatic N) is 1. The van der Waals surface area contributed by atoms with Crippen LogP contribution in [0, 0.1) is 6.92 Å². The van der Waals surface area contributed by atoms with E-state index >= 15 is 0 Å². The molecule has 0 amide bonds. The molecule has 2 rings (SSSR count). The minimum Gasteiger partial charge on any atom is -0.348 e. The number of halogens is 1. The molecule has 2 aromatic rings. The fourth-order valence-electron chi connectivity index (χ4n) is 2.31. The first-order chi connectivity index (χ1) is 7.56. The number of benzene rings is 1. The number of hydrogen-bond acceptors (Lipinski definition) is 1. The Morgan fingerprint density at radius 3 is 2.75 bits per heavy atom. The van der Waals surface area contributed by atoms with E-state index in [-0.39, 0.29) is 0 Å². The molecule has 1 atom stereocenters. The fraction of sp³-hybridized carbons (Fsp3) is 0.385. The minimum atomic E-state index is 0.363. The summed E-state index contributed by atoms with van der Waals surface area (Å²) in [6, 6.07) is 6.03. The minimum absolute atomic E-state index is 0.363. The molecule has 1 aromatic heterocycles. The van der Waals surface area contributed by atoms with E-state index in [2.05, 4.69) is 31.5 Å². The predicted molar refractivity (Wildman–Crippen MR) is 70.1 cm³/mol. The Morgan fingerprint density at radius 2 is 2.12 bits per heavy atom. The van der Waals surface area contributed by atoms with Gasteiger partial charge in [-0.15, -0.1) is 0 Å². The van der Waals surface area contributed by atoms with Gasteiger partial charge in [-0.25, -0.2) is 0 Å². The number of fused-ring (bicyclic) bond motifs is 1. The molecule has 3 heteroatoms. The third-order valence-electron chi connectivity index (χ3n) is 3.35. The van der Waals surface area contributed by atoms with Gasteiger partial charge in [-0.05, 0) is 43.1 Å². The van der Waals surface area contributed by atoms with E-state index in [0.29, 0.717) is 12.5 Å². The summed E-state index contributed by atoms with van der Waals surface area (Å²) < 4.78 is 2.20. The molecule has 0 aliphatic rings. The summed E-state index contributed by atoms with van der Waals surface area (Å²) in [7, 11) is 2.08. The quantitative estimate of drug-likeness (QED) is 0.853. The van der Waals surface area contributed by atoms with E-state index < -0.39 is 0 Å². The summed E-state index contributed by atoms with van der Waals surface area (Å²) in [4.78, 5) is 0. The van der Waals surface area contributed by atoms with E-state index in [1.54, 1.807) is 0 Å². The van der Waals surface area contributed by atoms with Crippen molar-refractivity contribution >= 4 is 22.5 Å². The van der Waals surface area contributed by atoms with E-state index in [1.165, 1.54) is 22.2 Å². The van der Waals surface area contributed by atoms with Gasteiger partial charge < -0.3 is 10.3 Å². The van der Waals surface area contributed by atoms with E-state index in [4.69, 9.17) is 17.3 Å². The fourth-order valence-corrected chi connectivity index (χ4v) is 2.48. The van der Waals surface area contributed by atoms with Crippen molar-refractivity contribution in [3.8, 4) is 0 Å². The summed E-state index contributed by atoms with van der Waals surface area (Å²) in [6.45, 7) is 4.95. The molecule has 0 bridgehead atoms. The van der Waals surface area contributed by atoms with Crippen LogP contribution in [0.25, 0.3) is 10.9 Å². The van der Waals surface area contributed by atoms with Crippen LogP contribution in [0.1, 0.15) is 24.1 Å². The van der Waals surface area contributed by atoms with Crippen LogP contribution >= 0.6 is 11.6 Å². The van der Waals surface area contributed by atoms with E-state index in [9.17, 15) is 0 Å². The highest BCUT2D eigenvalue weighted by Gasteiger charge is 2.16. The van der Waals surface area contributed by atoms with Gasteiger partial charge in [0.15, 0.2) is 0 Å². The lowest BCUT2D eigenvalue weighted by Crippen LogP contribution is -2.09. The molecular weight excluding hydrogens is 220 g/mol. The van der Waals surface area contributed by atoms with Crippen LogP contribution < -0.4 is 5.73 Å². The lowest BCUT2D eigenvalue weighted by Gasteiger charge is -2.09. The number of rotatable bonds is 2. The second kappa shape index (κ2) is 4.11. The Hall–Kier alpha value is -0.990. The zero-order valence-electron chi connectivity index (χ0n) is 9.92. The zero-order chi connectivity index (χ0) is 11.9. The summed E-state index contributed by atoms with van der Waals surface area (Å²) in [5.41, 5.74) is 9.58. The lowest BCUT2D eigenvalue weighted by molar-refractivity contribution is 0.761. The number of hydrogen-bond donors (Lipinski definition) is 1. The highest BCUT2D eigenvalue weighted by molar-refractivity contribution is 6.31. The average molecular weight is 237 g/mol. The van der Waals surface area contributed by atoms with Crippen molar-refractivity contribution < 1.29 is 0 Å². The van der Waals surface area contributed by atoms with Crippen molar-refractivity contribution in [3.63, 3.8) is 0 Å². The molecule has 0 spiro atoms. The van der Waals surface area contributed by atoms with Crippen LogP contribution in [0.15, 0.2) is 18.2 Å². The van der Waals surface area contributed by atoms with Crippen molar-refractivity contribution in [1.82, 2.24) is 4.57 Å². The van der Waals surface area contributed by atoms with Crippen molar-refractivity contribution in [1.29, 1.82) is 0 Å². The molecule has 1 heterocycles. The van der Waals surface area contributed by atoms with Gasteiger partial charge in [0.05, 0.1) is 0 Å². The summed E-state index contributed by atoms with van der Waals surface area (Å²) >= 11 is 6.06. The van der Waals surface area contributed by atoms with Crippen molar-refractivity contribution in [3.05, 3.63) is 34.5 Å². The van der Waals surface area contributed by atoms with Crippen LogP contribution in [0.5, 0.6) is 0 Å². The Morgan fingerprint density at radius 1 is 1.44 bits per heavy atom. The van der Waals surface area contributed by atoms with Crippen molar-refractivity contribution in [2.24, 2.45) is 12.8 Å². The molecule has 0 saturated carbocycles. The van der Waals surface area contributed by atoms with Gasteiger partial charge in [0.1, 0.15) is 0 Å². The molecule has 0 saturated heterocycles. The molecular formula is C13H17ClN2. The van der Waals surface area contributed by atoms with Crippen LogP contribution in [0.4, 0.5) is 0 Å². The maximum absolute atomic E-state index is 6.06. The monoisotopic (exact) mass is 236 g/mol. The number of nitrogens with two attached hydrogens (primary N) is 1. The molecule has 0 radical (unpaired) electrons. The standard InChI is InChI=1S/C13H17ClN2/c1-8(7-15)13-9(2)16(3)12-5-4-10(14)6-11(12)13/h4-6,8H,7,15H2,1-3H3. The van der Waals surface area contributed by atoms with Crippen LogP contribution in [0.3, 0.4) is 0 Å². The second-order valence-corrected chi connectivity index (χ2v) is 4.79. The SMILES string of the molecule is Cc1c(C(C)CN)c2cc(Cl)ccc2n1C. The molecule has 2 N–H and O–H groups in total. The summed E-state index contributed by atoms with van der Waals surface area (Å²) in [5.74, 6) is 0.363. The maximum atomic E-state index is 6.06. The number of aryl methyl sites for hydroxylation is 1. The topological polar surface area (TPSA) is 30.9 Å². The molecule has 86 valence electrons. The van der Waals surface area contributed by atoms with Crippen LogP contribution in [0.2, 0.25) is 5.02 Å². The molecule has 0 aliphatic carbocycles. The molecule has 16 heavy (non-hydrogen) atoms. The van der Waals surface area contributed by atoms with E-state index in [0.717, 1.165) is 5.02 Å². The lowest BCUT2D eigenvalue weighted by atomic mass is 9.98. The third-order valence-corrected chi connectivity index (χ3v) is 3.58. The van der Waals surface area contributed by atoms with Gasteiger partial charge in [0, 0.05) is 28.7 Å². The highest BCUT2D eigenvalue weighted by Crippen LogP contribution is 2.32. The van der Waals surface area contributed by atoms with Gasteiger partial charge in [-0.1, -0.05) is 18.5 Å². The largest absolute Gasteiger partial charge is 0.348 e. The average Bonchev–Trinajstić information content (AvgIpc) is 2.51. The summed E-state index contributed by atoms with van der Waals surface area (Å²) in [5, 5.41) is 2.01. The van der Waals surface area contributed by atoms with Crippen molar-refractivity contribution in [2.45, 2.75) is 19.8 Å². The summed E-state index contributed by atoms with van der Waals surface area (Å²) in [6.07, 6.45) is 0. The van der Waals surface area contributed by atoms with Crippen LogP contribution in [-0.4, -0.2) is 11.1 Å². The second-order valence-electron chi connectivity index (χ2n) is 4.36. The smallest absolute Gasteiger partial charge is 0.0483 e. The highest BCUT2D eigenvalue weighted by atomic mass is 35.5. The Kier molecular flexibility index (Phi) is 2.96. The molecule has 2 nitrogen and oxygen atoms in total. The predicted octanol–water partition coefficient (Wildman–Crippen LogP) is 3.20. The molecule has 0 fully saturated rings. The first-order valence-electron chi connectivity index (χ1n) is 5.50. The van der Waals surface area contributed by atoms with Gasteiger partial charge >= 0.3 is 0 Å². The zero-order valence-corrected chi connectivity index (χ0v) is 10.7. The van der Waals surface area contributed by atoms with Gasteiger partial charge in [-0.2, -0.15) is 0 Å². The van der Waals surface area contributed by atoms with Crippen LogP contribution in [-0.2, 0) is 7.05 Å². The molecule has 1 aromatic carbocycles. The van der Waals surface area contributed by atoms with Gasteiger partial charge in [-0.3, -0.25) is 0 Å². The van der Waals surface area contributed by atoms with Crippen molar-refractivity contribution in [2.75, 3.05) is 6.54 Å². The first-order valence-corrected chi connectivity index (χ1v) is 5.88. The van der Waals surface area contributed by atoms with Gasteiger partial charge in [0.2, 0.25) is 0 Å². The normalized spacial score (nSPS) is 13.3. The number of aromatic nitrogens is 1.